The Balaban J connectivity index is 2.22. The summed E-state index contributed by atoms with van der Waals surface area (Å²) in [6.07, 6.45) is 1.52. The number of aromatic nitrogens is 1. The molecule has 94 valence electrons. The van der Waals surface area contributed by atoms with Crippen LogP contribution < -0.4 is 0 Å². The summed E-state index contributed by atoms with van der Waals surface area (Å²) in [5, 5.41) is 0. The minimum Gasteiger partial charge on any atom is -0.443 e. The second-order valence-corrected chi connectivity index (χ2v) is 6.42. The van der Waals surface area contributed by atoms with Crippen molar-refractivity contribution in [3.05, 3.63) is 52.3 Å². The first kappa shape index (κ1) is 11.2. The summed E-state index contributed by atoms with van der Waals surface area (Å²) in [5.41, 5.74) is 6.91. The molecular weight excluding hydrogens is 302 g/mol. The molecule has 4 rings (SSSR count). The van der Waals surface area contributed by atoms with E-state index >= 15 is 0 Å². The van der Waals surface area contributed by atoms with E-state index in [0.717, 1.165) is 15.6 Å². The molecule has 3 heteroatoms. The summed E-state index contributed by atoms with van der Waals surface area (Å²) in [5.74, 6) is 0. The average Bonchev–Trinajstić information content (AvgIpc) is 2.91. The number of hydrogen-bond acceptors (Lipinski definition) is 2. The molecule has 0 atom stereocenters. The van der Waals surface area contributed by atoms with E-state index in [9.17, 15) is 0 Å². The van der Waals surface area contributed by atoms with E-state index in [-0.39, 0.29) is 5.41 Å². The van der Waals surface area contributed by atoms with E-state index in [4.69, 9.17) is 4.42 Å². The molecule has 0 unspecified atom stereocenters. The summed E-state index contributed by atoms with van der Waals surface area (Å²) in [4.78, 5) is 4.26. The van der Waals surface area contributed by atoms with Gasteiger partial charge in [-0.3, -0.25) is 0 Å². The highest BCUT2D eigenvalue weighted by atomic mass is 79.9. The molecule has 1 heterocycles. The van der Waals surface area contributed by atoms with E-state index in [2.05, 4.69) is 59.0 Å². The minimum absolute atomic E-state index is 0.00630. The SMILES string of the molecule is CC1(C)c2ccc(Br)cc2-c2c1ccc1ncoc21. The Kier molecular flexibility index (Phi) is 2.06. The van der Waals surface area contributed by atoms with Gasteiger partial charge in [0, 0.05) is 15.5 Å². The Bertz CT molecular complexity index is 817. The molecule has 0 fully saturated rings. The van der Waals surface area contributed by atoms with Crippen molar-refractivity contribution in [2.24, 2.45) is 0 Å². The van der Waals surface area contributed by atoms with Crippen molar-refractivity contribution in [1.82, 2.24) is 4.98 Å². The Hall–Kier alpha value is -1.61. The van der Waals surface area contributed by atoms with Crippen LogP contribution in [0.4, 0.5) is 0 Å². The second kappa shape index (κ2) is 3.48. The average molecular weight is 314 g/mol. The zero-order chi connectivity index (χ0) is 13.2. The zero-order valence-electron chi connectivity index (χ0n) is 10.7. The van der Waals surface area contributed by atoms with Gasteiger partial charge < -0.3 is 4.42 Å². The maximum absolute atomic E-state index is 5.62. The lowest BCUT2D eigenvalue weighted by Gasteiger charge is -2.21. The lowest BCUT2D eigenvalue weighted by atomic mass is 9.82. The molecule has 0 bridgehead atoms. The molecule has 0 saturated carbocycles. The second-order valence-electron chi connectivity index (χ2n) is 5.50. The van der Waals surface area contributed by atoms with Crippen LogP contribution in [0, 0.1) is 0 Å². The number of oxazole rings is 1. The van der Waals surface area contributed by atoms with Crippen LogP contribution in [0.1, 0.15) is 25.0 Å². The van der Waals surface area contributed by atoms with Crippen LogP contribution in [0.5, 0.6) is 0 Å². The maximum Gasteiger partial charge on any atom is 0.182 e. The highest BCUT2D eigenvalue weighted by Crippen LogP contribution is 2.51. The predicted octanol–water partition coefficient (Wildman–Crippen LogP) is 4.90. The summed E-state index contributed by atoms with van der Waals surface area (Å²) < 4.78 is 6.71. The molecular formula is C16H12BrNO. The van der Waals surface area contributed by atoms with Crippen LogP contribution in [0.15, 0.2) is 45.6 Å². The Morgan fingerprint density at radius 3 is 2.74 bits per heavy atom. The van der Waals surface area contributed by atoms with Crippen LogP contribution in [-0.4, -0.2) is 4.98 Å². The van der Waals surface area contributed by atoms with E-state index in [0.29, 0.717) is 0 Å². The first-order valence-electron chi connectivity index (χ1n) is 6.26. The lowest BCUT2D eigenvalue weighted by Crippen LogP contribution is -2.14. The summed E-state index contributed by atoms with van der Waals surface area (Å²) >= 11 is 3.56. The molecule has 19 heavy (non-hydrogen) atoms. The zero-order valence-corrected chi connectivity index (χ0v) is 12.3. The van der Waals surface area contributed by atoms with Crippen LogP contribution in [-0.2, 0) is 5.41 Å². The van der Waals surface area contributed by atoms with E-state index in [1.807, 2.05) is 6.07 Å². The van der Waals surface area contributed by atoms with Gasteiger partial charge in [-0.25, -0.2) is 4.98 Å². The normalized spacial score (nSPS) is 15.5. The number of benzene rings is 2. The quantitative estimate of drug-likeness (QED) is 0.590. The number of rotatable bonds is 0. The third kappa shape index (κ3) is 1.34. The van der Waals surface area contributed by atoms with Crippen LogP contribution in [0.25, 0.3) is 22.2 Å². The molecule has 1 aromatic heterocycles. The molecule has 2 aromatic carbocycles. The van der Waals surface area contributed by atoms with Crippen molar-refractivity contribution in [2.75, 3.05) is 0 Å². The topological polar surface area (TPSA) is 26.0 Å². The van der Waals surface area contributed by atoms with Gasteiger partial charge in [0.1, 0.15) is 5.52 Å². The fraction of sp³-hybridized carbons (Fsp3) is 0.188. The summed E-state index contributed by atoms with van der Waals surface area (Å²) in [6.45, 7) is 4.52. The van der Waals surface area contributed by atoms with Crippen molar-refractivity contribution < 1.29 is 4.42 Å². The maximum atomic E-state index is 5.62. The van der Waals surface area contributed by atoms with Gasteiger partial charge in [0.2, 0.25) is 0 Å². The fourth-order valence-corrected chi connectivity index (χ4v) is 3.49. The standard InChI is InChI=1S/C16H12BrNO/c1-16(2)11-4-3-9(17)7-10(11)14-12(16)5-6-13-15(14)19-8-18-13/h3-8H,1-2H3. The van der Waals surface area contributed by atoms with Crippen LogP contribution in [0.2, 0.25) is 0 Å². The van der Waals surface area contributed by atoms with Crippen LogP contribution in [0.3, 0.4) is 0 Å². The third-order valence-electron chi connectivity index (χ3n) is 4.10. The van der Waals surface area contributed by atoms with Crippen molar-refractivity contribution in [3.8, 4) is 11.1 Å². The third-order valence-corrected chi connectivity index (χ3v) is 4.59. The summed E-state index contributed by atoms with van der Waals surface area (Å²) in [6, 6.07) is 10.7. The summed E-state index contributed by atoms with van der Waals surface area (Å²) in [7, 11) is 0. The van der Waals surface area contributed by atoms with Gasteiger partial charge in [-0.05, 0) is 34.9 Å². The van der Waals surface area contributed by atoms with Crippen molar-refractivity contribution in [3.63, 3.8) is 0 Å². The first-order chi connectivity index (χ1) is 9.09. The number of fused-ring (bicyclic) bond motifs is 5. The predicted molar refractivity (Wildman–Crippen MR) is 79.3 cm³/mol. The van der Waals surface area contributed by atoms with Gasteiger partial charge in [-0.2, -0.15) is 0 Å². The lowest BCUT2D eigenvalue weighted by molar-refractivity contribution is 0.601. The van der Waals surface area contributed by atoms with Gasteiger partial charge in [0.05, 0.1) is 0 Å². The van der Waals surface area contributed by atoms with Crippen molar-refractivity contribution in [1.29, 1.82) is 0 Å². The molecule has 0 amide bonds. The molecule has 0 saturated heterocycles. The van der Waals surface area contributed by atoms with Gasteiger partial charge >= 0.3 is 0 Å². The van der Waals surface area contributed by atoms with Gasteiger partial charge in [0.25, 0.3) is 0 Å². The minimum atomic E-state index is 0.00630. The molecule has 0 spiro atoms. The fourth-order valence-electron chi connectivity index (χ4n) is 3.13. The molecule has 0 radical (unpaired) electrons. The van der Waals surface area contributed by atoms with Gasteiger partial charge in [-0.1, -0.05) is 41.9 Å². The monoisotopic (exact) mass is 313 g/mol. The van der Waals surface area contributed by atoms with Crippen molar-refractivity contribution >= 4 is 27.0 Å². The van der Waals surface area contributed by atoms with E-state index < -0.39 is 0 Å². The van der Waals surface area contributed by atoms with Gasteiger partial charge in [0.15, 0.2) is 12.0 Å². The smallest absolute Gasteiger partial charge is 0.182 e. The highest BCUT2D eigenvalue weighted by molar-refractivity contribution is 9.10. The highest BCUT2D eigenvalue weighted by Gasteiger charge is 2.37. The van der Waals surface area contributed by atoms with Crippen molar-refractivity contribution in [2.45, 2.75) is 19.3 Å². The van der Waals surface area contributed by atoms with Crippen LogP contribution >= 0.6 is 15.9 Å². The largest absolute Gasteiger partial charge is 0.443 e. The molecule has 3 aromatic rings. The molecule has 2 nitrogen and oxygen atoms in total. The Morgan fingerprint density at radius 2 is 1.89 bits per heavy atom. The van der Waals surface area contributed by atoms with E-state index in [1.165, 1.54) is 28.6 Å². The molecule has 0 aliphatic heterocycles. The molecule has 1 aliphatic carbocycles. The van der Waals surface area contributed by atoms with E-state index in [1.54, 1.807) is 0 Å². The molecule has 0 N–H and O–H groups in total. The molecule has 1 aliphatic rings. The Labute approximate surface area is 119 Å². The number of halogens is 1. The first-order valence-corrected chi connectivity index (χ1v) is 7.05. The Morgan fingerprint density at radius 1 is 1.11 bits per heavy atom. The number of hydrogen-bond donors (Lipinski definition) is 0. The number of nitrogens with zero attached hydrogens (tertiary/aromatic N) is 1. The van der Waals surface area contributed by atoms with Gasteiger partial charge in [-0.15, -0.1) is 0 Å².